The minimum atomic E-state index is -0.818. The molecule has 140 valence electrons. The van der Waals surface area contributed by atoms with E-state index in [4.69, 9.17) is 0 Å². The monoisotopic (exact) mass is 372 g/mol. The van der Waals surface area contributed by atoms with E-state index in [1.54, 1.807) is 19.1 Å². The lowest BCUT2D eigenvalue weighted by Crippen LogP contribution is -2.44. The summed E-state index contributed by atoms with van der Waals surface area (Å²) in [6.45, 7) is 1.55. The number of hydrogen-bond acceptors (Lipinski definition) is 6. The Morgan fingerprint density at radius 3 is 2.44 bits per heavy atom. The van der Waals surface area contributed by atoms with Crippen LogP contribution in [-0.2, 0) is 4.74 Å². The number of ether oxygens (including phenoxy) is 1. The van der Waals surface area contributed by atoms with E-state index in [0.29, 0.717) is 5.56 Å². The van der Waals surface area contributed by atoms with Crippen LogP contribution >= 0.6 is 0 Å². The van der Waals surface area contributed by atoms with Gasteiger partial charge in [-0.1, -0.05) is 18.2 Å². The number of benzene rings is 2. The average molecular weight is 372 g/mol. The second-order valence-corrected chi connectivity index (χ2v) is 5.33. The van der Waals surface area contributed by atoms with Gasteiger partial charge >= 0.3 is 12.0 Å². The maximum absolute atomic E-state index is 12.1. The molecule has 2 aromatic carbocycles. The van der Waals surface area contributed by atoms with Crippen molar-refractivity contribution in [3.8, 4) is 0 Å². The molecular weight excluding hydrogens is 356 g/mol. The highest BCUT2D eigenvalue weighted by Gasteiger charge is 2.16. The average Bonchev–Trinajstić information content (AvgIpc) is 2.66. The summed E-state index contributed by atoms with van der Waals surface area (Å²) in [5, 5.41) is 13.3. The first kappa shape index (κ1) is 19.4. The summed E-state index contributed by atoms with van der Waals surface area (Å²) >= 11 is 0. The van der Waals surface area contributed by atoms with Crippen molar-refractivity contribution in [3.05, 3.63) is 69.3 Å². The predicted molar refractivity (Wildman–Crippen MR) is 95.2 cm³/mol. The number of para-hydroxylation sites is 1. The Morgan fingerprint density at radius 1 is 1.07 bits per heavy atom. The normalized spacial score (nSPS) is 9.85. The van der Waals surface area contributed by atoms with Crippen LogP contribution < -0.4 is 16.2 Å². The van der Waals surface area contributed by atoms with Crippen LogP contribution in [0.25, 0.3) is 0 Å². The fraction of sp³-hybridized carbons (Fsp3) is 0.118. The number of nitro groups is 1. The molecule has 0 aliphatic heterocycles. The topological polar surface area (TPSA) is 140 Å². The lowest BCUT2D eigenvalue weighted by molar-refractivity contribution is -0.385. The van der Waals surface area contributed by atoms with Gasteiger partial charge in [-0.15, -0.1) is 0 Å². The minimum Gasteiger partial charge on any atom is -0.465 e. The number of hydrogen-bond donors (Lipinski definition) is 3. The van der Waals surface area contributed by atoms with Gasteiger partial charge in [0.2, 0.25) is 0 Å². The fourth-order valence-electron chi connectivity index (χ4n) is 2.17. The number of carbonyl (C=O) groups excluding carboxylic acids is 3. The zero-order valence-corrected chi connectivity index (χ0v) is 14.4. The van der Waals surface area contributed by atoms with E-state index in [1.165, 1.54) is 31.4 Å². The molecule has 0 aliphatic rings. The highest BCUT2D eigenvalue weighted by molar-refractivity contribution is 6.02. The maximum atomic E-state index is 12.1. The van der Waals surface area contributed by atoms with Crippen LogP contribution in [0.3, 0.4) is 0 Å². The van der Waals surface area contributed by atoms with Crippen LogP contribution in [0, 0.1) is 17.0 Å². The molecule has 0 spiro atoms. The summed E-state index contributed by atoms with van der Waals surface area (Å²) in [5.74, 6) is -1.38. The Labute approximate surface area is 153 Å². The lowest BCUT2D eigenvalue weighted by atomic mass is 10.1. The number of esters is 1. The number of aryl methyl sites for hydroxylation is 1. The standard InChI is InChI=1S/C17H16N4O6/c1-10-7-8-11(9-14(10)21(25)26)15(22)19-20-17(24)18-13-6-4-3-5-12(13)16(23)27-2/h3-9H,1-2H3,(H,19,22)(H2,18,20,24). The molecule has 0 saturated heterocycles. The fourth-order valence-corrected chi connectivity index (χ4v) is 2.17. The Bertz CT molecular complexity index is 912. The zero-order valence-electron chi connectivity index (χ0n) is 14.4. The largest absolute Gasteiger partial charge is 0.465 e. The van der Waals surface area contributed by atoms with Gasteiger partial charge in [-0.3, -0.25) is 20.3 Å². The van der Waals surface area contributed by atoms with Gasteiger partial charge in [0.1, 0.15) is 0 Å². The molecule has 0 bridgehead atoms. The number of carbonyl (C=O) groups is 3. The Balaban J connectivity index is 2.02. The van der Waals surface area contributed by atoms with Crippen molar-refractivity contribution in [2.24, 2.45) is 0 Å². The second-order valence-electron chi connectivity index (χ2n) is 5.33. The Morgan fingerprint density at radius 2 is 1.78 bits per heavy atom. The van der Waals surface area contributed by atoms with Crippen LogP contribution in [-0.4, -0.2) is 29.9 Å². The third-order valence-corrected chi connectivity index (χ3v) is 3.54. The number of urea groups is 1. The van der Waals surface area contributed by atoms with E-state index >= 15 is 0 Å². The van der Waals surface area contributed by atoms with Crippen LogP contribution in [0.4, 0.5) is 16.2 Å². The molecule has 2 rings (SSSR count). The van der Waals surface area contributed by atoms with Gasteiger partial charge in [0.15, 0.2) is 0 Å². The van der Waals surface area contributed by atoms with Gasteiger partial charge in [-0.25, -0.2) is 15.0 Å². The van der Waals surface area contributed by atoms with E-state index in [-0.39, 0.29) is 22.5 Å². The summed E-state index contributed by atoms with van der Waals surface area (Å²) in [5.41, 5.74) is 4.75. The number of anilines is 1. The molecule has 0 fully saturated rings. The molecule has 0 aliphatic carbocycles. The first-order valence-electron chi connectivity index (χ1n) is 7.63. The Kier molecular flexibility index (Phi) is 6.05. The van der Waals surface area contributed by atoms with E-state index < -0.39 is 22.8 Å². The molecular formula is C17H16N4O6. The first-order chi connectivity index (χ1) is 12.8. The van der Waals surface area contributed by atoms with Gasteiger partial charge in [0.25, 0.3) is 11.6 Å². The summed E-state index contributed by atoms with van der Waals surface area (Å²) < 4.78 is 4.62. The highest BCUT2D eigenvalue weighted by atomic mass is 16.6. The molecule has 3 N–H and O–H groups in total. The van der Waals surface area contributed by atoms with Crippen LogP contribution in [0.1, 0.15) is 26.3 Å². The van der Waals surface area contributed by atoms with Crippen molar-refractivity contribution in [1.29, 1.82) is 0 Å². The van der Waals surface area contributed by atoms with E-state index in [9.17, 15) is 24.5 Å². The number of hydrazine groups is 1. The van der Waals surface area contributed by atoms with E-state index in [0.717, 1.165) is 6.07 Å². The van der Waals surface area contributed by atoms with Crippen LogP contribution in [0.2, 0.25) is 0 Å². The number of nitrogens with zero attached hydrogens (tertiary/aromatic N) is 1. The van der Waals surface area contributed by atoms with Gasteiger partial charge < -0.3 is 10.1 Å². The van der Waals surface area contributed by atoms with E-state index in [1.807, 2.05) is 0 Å². The molecule has 0 unspecified atom stereocenters. The molecule has 2 aromatic rings. The molecule has 0 radical (unpaired) electrons. The van der Waals surface area contributed by atoms with Gasteiger partial charge in [0.05, 0.1) is 23.3 Å². The molecule has 10 heteroatoms. The third-order valence-electron chi connectivity index (χ3n) is 3.54. The zero-order chi connectivity index (χ0) is 20.0. The first-order valence-corrected chi connectivity index (χ1v) is 7.63. The van der Waals surface area contributed by atoms with Gasteiger partial charge in [-0.2, -0.15) is 0 Å². The molecule has 27 heavy (non-hydrogen) atoms. The quantitative estimate of drug-likeness (QED) is 0.427. The number of amides is 3. The molecule has 0 saturated carbocycles. The molecule has 0 atom stereocenters. The van der Waals surface area contributed by atoms with Gasteiger partial charge in [0, 0.05) is 17.2 Å². The highest BCUT2D eigenvalue weighted by Crippen LogP contribution is 2.19. The SMILES string of the molecule is COC(=O)c1ccccc1NC(=O)NNC(=O)c1ccc(C)c([N+](=O)[O-])c1. The van der Waals surface area contributed by atoms with Crippen LogP contribution in [0.5, 0.6) is 0 Å². The summed E-state index contributed by atoms with van der Waals surface area (Å²) in [7, 11) is 1.21. The lowest BCUT2D eigenvalue weighted by Gasteiger charge is -2.11. The molecule has 10 nitrogen and oxygen atoms in total. The summed E-state index contributed by atoms with van der Waals surface area (Å²) in [6.07, 6.45) is 0. The second kappa shape index (κ2) is 8.43. The number of nitrogens with one attached hydrogen (secondary N) is 3. The van der Waals surface area contributed by atoms with Crippen molar-refractivity contribution in [2.45, 2.75) is 6.92 Å². The maximum Gasteiger partial charge on any atom is 0.339 e. The molecule has 0 heterocycles. The van der Waals surface area contributed by atoms with Crippen molar-refractivity contribution in [2.75, 3.05) is 12.4 Å². The molecule has 3 amide bonds. The van der Waals surface area contributed by atoms with Gasteiger partial charge in [-0.05, 0) is 25.1 Å². The summed E-state index contributed by atoms with van der Waals surface area (Å²) in [4.78, 5) is 46.0. The number of rotatable bonds is 4. The number of nitro benzene ring substituents is 1. The molecule has 0 aromatic heterocycles. The van der Waals surface area contributed by atoms with E-state index in [2.05, 4.69) is 20.9 Å². The predicted octanol–water partition coefficient (Wildman–Crippen LogP) is 2.16. The Hall–Kier alpha value is -3.95. The smallest absolute Gasteiger partial charge is 0.339 e. The minimum absolute atomic E-state index is 0.00237. The van der Waals surface area contributed by atoms with Crippen molar-refractivity contribution in [3.63, 3.8) is 0 Å². The van der Waals surface area contributed by atoms with Crippen molar-refractivity contribution in [1.82, 2.24) is 10.9 Å². The number of methoxy groups -OCH3 is 1. The van der Waals surface area contributed by atoms with Crippen molar-refractivity contribution >= 4 is 29.3 Å². The van der Waals surface area contributed by atoms with Crippen molar-refractivity contribution < 1.29 is 24.0 Å². The summed E-state index contributed by atoms with van der Waals surface area (Å²) in [6, 6.07) is 9.26. The van der Waals surface area contributed by atoms with Crippen LogP contribution in [0.15, 0.2) is 42.5 Å². The third kappa shape index (κ3) is 4.78.